The van der Waals surface area contributed by atoms with E-state index < -0.39 is 0 Å². The van der Waals surface area contributed by atoms with Gasteiger partial charge in [-0.3, -0.25) is 0 Å². The molecule has 0 aromatic heterocycles. The summed E-state index contributed by atoms with van der Waals surface area (Å²) in [5, 5.41) is 8.57. The van der Waals surface area contributed by atoms with Gasteiger partial charge in [-0.05, 0) is 24.3 Å². The third-order valence-corrected chi connectivity index (χ3v) is 2.33. The zero-order chi connectivity index (χ0) is 10.2. The summed E-state index contributed by atoms with van der Waals surface area (Å²) in [5.41, 5.74) is 1.33. The van der Waals surface area contributed by atoms with E-state index in [2.05, 4.69) is 24.8 Å². The van der Waals surface area contributed by atoms with E-state index in [0.29, 0.717) is 12.3 Å². The van der Waals surface area contributed by atoms with Crippen molar-refractivity contribution in [3.63, 3.8) is 0 Å². The molecule has 1 heteroatoms. The van der Waals surface area contributed by atoms with Crippen molar-refractivity contribution in [3.8, 4) is 6.07 Å². The van der Waals surface area contributed by atoms with Gasteiger partial charge in [0, 0.05) is 6.42 Å². The van der Waals surface area contributed by atoms with Crippen LogP contribution < -0.4 is 0 Å². The van der Waals surface area contributed by atoms with E-state index in [1.54, 1.807) is 0 Å². The smallest absolute Gasteiger partial charge is 0.0627 e. The lowest BCUT2D eigenvalue weighted by Gasteiger charge is -2.07. The first kappa shape index (κ1) is 10.5. The number of hydrogen-bond donors (Lipinski definition) is 0. The summed E-state index contributed by atoms with van der Waals surface area (Å²) in [6.45, 7) is 3.74. The normalized spacial score (nSPS) is 11.6. The highest BCUT2D eigenvalue weighted by molar-refractivity contribution is 5.14. The maximum atomic E-state index is 8.57. The molecular formula is C13H15N. The fourth-order valence-electron chi connectivity index (χ4n) is 1.42. The minimum atomic E-state index is 0.334. The summed E-state index contributed by atoms with van der Waals surface area (Å²) in [4.78, 5) is 0. The highest BCUT2D eigenvalue weighted by atomic mass is 14.2. The highest BCUT2D eigenvalue weighted by Crippen LogP contribution is 2.13. The average Bonchev–Trinajstić information content (AvgIpc) is 2.25. The molecule has 0 aliphatic carbocycles. The third kappa shape index (κ3) is 3.45. The highest BCUT2D eigenvalue weighted by Gasteiger charge is 2.03. The van der Waals surface area contributed by atoms with Crippen molar-refractivity contribution in [2.45, 2.75) is 19.3 Å². The molecule has 1 atom stereocenters. The molecule has 1 aromatic rings. The van der Waals surface area contributed by atoms with Crippen LogP contribution in [-0.4, -0.2) is 0 Å². The standard InChI is InChI=1S/C13H15N/c1-2-12(10-11-14)8-9-13-6-4-3-5-7-13/h2-7,12H,1,8-10H2. The molecule has 1 nitrogen and oxygen atoms in total. The van der Waals surface area contributed by atoms with E-state index in [1.807, 2.05) is 24.3 Å². The Kier molecular flexibility index (Phi) is 4.50. The van der Waals surface area contributed by atoms with Crippen LogP contribution in [0, 0.1) is 17.2 Å². The molecule has 1 aromatic carbocycles. The lowest BCUT2D eigenvalue weighted by Crippen LogP contribution is -1.97. The van der Waals surface area contributed by atoms with Gasteiger partial charge in [0.25, 0.3) is 0 Å². The topological polar surface area (TPSA) is 23.8 Å². The van der Waals surface area contributed by atoms with Crippen LogP contribution in [-0.2, 0) is 6.42 Å². The number of aryl methyl sites for hydroxylation is 1. The predicted molar refractivity (Wildman–Crippen MR) is 58.7 cm³/mol. The lowest BCUT2D eigenvalue weighted by atomic mass is 9.97. The molecule has 0 saturated carbocycles. The van der Waals surface area contributed by atoms with E-state index >= 15 is 0 Å². The SMILES string of the molecule is C=CC(CC#N)CCc1ccccc1. The Bertz CT molecular complexity index is 308. The fourth-order valence-corrected chi connectivity index (χ4v) is 1.42. The summed E-state index contributed by atoms with van der Waals surface area (Å²) in [6.07, 6.45) is 4.50. The Hall–Kier alpha value is -1.55. The monoisotopic (exact) mass is 185 g/mol. The van der Waals surface area contributed by atoms with Gasteiger partial charge in [-0.1, -0.05) is 36.4 Å². The van der Waals surface area contributed by atoms with E-state index in [0.717, 1.165) is 12.8 Å². The first-order chi connectivity index (χ1) is 6.86. The van der Waals surface area contributed by atoms with Crippen LogP contribution in [0.25, 0.3) is 0 Å². The van der Waals surface area contributed by atoms with Crippen molar-refractivity contribution in [3.05, 3.63) is 48.6 Å². The van der Waals surface area contributed by atoms with Gasteiger partial charge in [0.15, 0.2) is 0 Å². The number of benzene rings is 1. The van der Waals surface area contributed by atoms with Crippen LogP contribution in [0.5, 0.6) is 0 Å². The molecule has 0 N–H and O–H groups in total. The molecule has 0 heterocycles. The van der Waals surface area contributed by atoms with Crippen molar-refractivity contribution in [2.24, 2.45) is 5.92 Å². The number of allylic oxidation sites excluding steroid dienone is 1. The Balaban J connectivity index is 2.40. The summed E-state index contributed by atoms with van der Waals surface area (Å²) >= 11 is 0. The first-order valence-electron chi connectivity index (χ1n) is 4.90. The summed E-state index contributed by atoms with van der Waals surface area (Å²) < 4.78 is 0. The van der Waals surface area contributed by atoms with Gasteiger partial charge < -0.3 is 0 Å². The van der Waals surface area contributed by atoms with Gasteiger partial charge in [-0.25, -0.2) is 0 Å². The molecule has 0 fully saturated rings. The van der Waals surface area contributed by atoms with Crippen LogP contribution in [0.15, 0.2) is 43.0 Å². The summed E-state index contributed by atoms with van der Waals surface area (Å²) in [5.74, 6) is 0.334. The van der Waals surface area contributed by atoms with Gasteiger partial charge in [0.1, 0.15) is 0 Å². The van der Waals surface area contributed by atoms with E-state index in [4.69, 9.17) is 5.26 Å². The maximum Gasteiger partial charge on any atom is 0.0627 e. The van der Waals surface area contributed by atoms with Gasteiger partial charge in [0.2, 0.25) is 0 Å². The molecule has 0 amide bonds. The minimum Gasteiger partial charge on any atom is -0.198 e. The molecule has 72 valence electrons. The Morgan fingerprint density at radius 2 is 2.07 bits per heavy atom. The molecule has 0 aliphatic rings. The van der Waals surface area contributed by atoms with Crippen molar-refractivity contribution in [1.29, 1.82) is 5.26 Å². The quantitative estimate of drug-likeness (QED) is 0.645. The van der Waals surface area contributed by atoms with Gasteiger partial charge >= 0.3 is 0 Å². The van der Waals surface area contributed by atoms with E-state index in [1.165, 1.54) is 5.56 Å². The van der Waals surface area contributed by atoms with Crippen molar-refractivity contribution in [1.82, 2.24) is 0 Å². The largest absolute Gasteiger partial charge is 0.198 e. The van der Waals surface area contributed by atoms with Gasteiger partial charge in [-0.2, -0.15) is 5.26 Å². The second-order valence-electron chi connectivity index (χ2n) is 3.38. The van der Waals surface area contributed by atoms with Crippen molar-refractivity contribution >= 4 is 0 Å². The number of hydrogen-bond acceptors (Lipinski definition) is 1. The van der Waals surface area contributed by atoms with Crippen molar-refractivity contribution in [2.75, 3.05) is 0 Å². The van der Waals surface area contributed by atoms with Crippen LogP contribution in [0.1, 0.15) is 18.4 Å². The molecule has 14 heavy (non-hydrogen) atoms. The summed E-state index contributed by atoms with van der Waals surface area (Å²) in [6, 6.07) is 12.5. The Morgan fingerprint density at radius 1 is 1.36 bits per heavy atom. The molecule has 0 radical (unpaired) electrons. The second-order valence-corrected chi connectivity index (χ2v) is 3.38. The average molecular weight is 185 g/mol. The molecular weight excluding hydrogens is 170 g/mol. The second kappa shape index (κ2) is 5.99. The van der Waals surface area contributed by atoms with Crippen LogP contribution in [0.4, 0.5) is 0 Å². The van der Waals surface area contributed by atoms with Gasteiger partial charge in [0.05, 0.1) is 6.07 Å². The zero-order valence-electron chi connectivity index (χ0n) is 8.32. The van der Waals surface area contributed by atoms with E-state index in [9.17, 15) is 0 Å². The number of rotatable bonds is 5. The number of nitrogens with zero attached hydrogens (tertiary/aromatic N) is 1. The maximum absolute atomic E-state index is 8.57. The Morgan fingerprint density at radius 3 is 2.64 bits per heavy atom. The third-order valence-electron chi connectivity index (χ3n) is 2.33. The summed E-state index contributed by atoms with van der Waals surface area (Å²) in [7, 11) is 0. The molecule has 0 spiro atoms. The molecule has 0 aliphatic heterocycles. The molecule has 0 bridgehead atoms. The molecule has 1 unspecified atom stereocenters. The van der Waals surface area contributed by atoms with Crippen LogP contribution in [0.2, 0.25) is 0 Å². The molecule has 1 rings (SSSR count). The first-order valence-corrected chi connectivity index (χ1v) is 4.90. The van der Waals surface area contributed by atoms with Crippen LogP contribution in [0.3, 0.4) is 0 Å². The van der Waals surface area contributed by atoms with Crippen molar-refractivity contribution < 1.29 is 0 Å². The van der Waals surface area contributed by atoms with Gasteiger partial charge in [-0.15, -0.1) is 6.58 Å². The zero-order valence-corrected chi connectivity index (χ0v) is 8.32. The molecule has 0 saturated heterocycles. The van der Waals surface area contributed by atoms with Crippen LogP contribution >= 0.6 is 0 Å². The predicted octanol–water partition coefficient (Wildman–Crippen LogP) is 3.34. The Labute approximate surface area is 85.7 Å². The van der Waals surface area contributed by atoms with E-state index in [-0.39, 0.29) is 0 Å². The number of nitriles is 1. The minimum absolute atomic E-state index is 0.334. The lowest BCUT2D eigenvalue weighted by molar-refractivity contribution is 0.605. The fraction of sp³-hybridized carbons (Fsp3) is 0.308.